The van der Waals surface area contributed by atoms with Gasteiger partial charge in [-0.1, -0.05) is 35.9 Å². The van der Waals surface area contributed by atoms with Crippen molar-refractivity contribution in [3.8, 4) is 0 Å². The standard InChI is InChI=1S/C21H24N4O2S/c1-16-5-2-6-17(11-16)12-19-8-3-9-21(24-19)18-7-4-10-25(15-18)28(26,27)20-13-22-23-14-20/h2-3,5-6,8-9,11,13-14,18H,4,7,10,12,15H2,1H3,(H,22,23)/t18-/m0/s1. The van der Waals surface area contributed by atoms with Crippen LogP contribution >= 0.6 is 0 Å². The van der Waals surface area contributed by atoms with Gasteiger partial charge in [-0.3, -0.25) is 10.1 Å². The van der Waals surface area contributed by atoms with Crippen molar-refractivity contribution < 1.29 is 8.42 Å². The van der Waals surface area contributed by atoms with Crippen molar-refractivity contribution in [2.24, 2.45) is 0 Å². The lowest BCUT2D eigenvalue weighted by Crippen LogP contribution is -2.39. The second kappa shape index (κ2) is 7.85. The number of sulfonamides is 1. The second-order valence-corrected chi connectivity index (χ2v) is 9.29. The highest BCUT2D eigenvalue weighted by molar-refractivity contribution is 7.89. The number of hydrogen-bond donors (Lipinski definition) is 1. The van der Waals surface area contributed by atoms with Gasteiger partial charge in [-0.05, 0) is 37.5 Å². The minimum atomic E-state index is -3.51. The van der Waals surface area contributed by atoms with Gasteiger partial charge in [0.05, 0.1) is 6.20 Å². The first-order chi connectivity index (χ1) is 13.5. The number of piperidine rings is 1. The van der Waals surface area contributed by atoms with E-state index in [1.54, 1.807) is 4.31 Å². The quantitative estimate of drug-likeness (QED) is 0.718. The third kappa shape index (κ3) is 4.00. The van der Waals surface area contributed by atoms with E-state index < -0.39 is 10.0 Å². The van der Waals surface area contributed by atoms with E-state index in [9.17, 15) is 8.42 Å². The summed E-state index contributed by atoms with van der Waals surface area (Å²) in [5, 5.41) is 6.36. The van der Waals surface area contributed by atoms with E-state index in [2.05, 4.69) is 41.4 Å². The number of hydrogen-bond acceptors (Lipinski definition) is 4. The summed E-state index contributed by atoms with van der Waals surface area (Å²) in [5.74, 6) is 0.105. The maximum atomic E-state index is 12.8. The Bertz CT molecular complexity index is 1050. The van der Waals surface area contributed by atoms with Crippen LogP contribution in [0.25, 0.3) is 0 Å². The number of nitrogens with one attached hydrogen (secondary N) is 1. The van der Waals surface area contributed by atoms with E-state index in [4.69, 9.17) is 4.98 Å². The lowest BCUT2D eigenvalue weighted by atomic mass is 9.95. The van der Waals surface area contributed by atoms with Crippen LogP contribution in [-0.2, 0) is 16.4 Å². The van der Waals surface area contributed by atoms with Crippen molar-refractivity contribution in [1.29, 1.82) is 0 Å². The van der Waals surface area contributed by atoms with E-state index in [-0.39, 0.29) is 10.8 Å². The minimum absolute atomic E-state index is 0.105. The van der Waals surface area contributed by atoms with Crippen LogP contribution in [0.3, 0.4) is 0 Å². The van der Waals surface area contributed by atoms with Gasteiger partial charge in [0.25, 0.3) is 0 Å². The van der Waals surface area contributed by atoms with E-state index in [0.717, 1.165) is 30.7 Å². The maximum Gasteiger partial charge on any atom is 0.246 e. The van der Waals surface area contributed by atoms with Crippen LogP contribution < -0.4 is 0 Å². The smallest absolute Gasteiger partial charge is 0.246 e. The fraction of sp³-hybridized carbons (Fsp3) is 0.333. The number of aryl methyl sites for hydroxylation is 1. The fourth-order valence-electron chi connectivity index (χ4n) is 3.79. The minimum Gasteiger partial charge on any atom is -0.284 e. The summed E-state index contributed by atoms with van der Waals surface area (Å²) < 4.78 is 27.2. The number of nitrogens with zero attached hydrogens (tertiary/aromatic N) is 3. The summed E-state index contributed by atoms with van der Waals surface area (Å²) in [4.78, 5) is 5.08. The van der Waals surface area contributed by atoms with Crippen molar-refractivity contribution in [2.45, 2.75) is 37.0 Å². The Labute approximate surface area is 165 Å². The molecule has 0 bridgehead atoms. The molecule has 0 amide bonds. The Balaban J connectivity index is 1.52. The lowest BCUT2D eigenvalue weighted by Gasteiger charge is -2.31. The first-order valence-electron chi connectivity index (χ1n) is 9.53. The summed E-state index contributed by atoms with van der Waals surface area (Å²) in [6.45, 7) is 3.08. The topological polar surface area (TPSA) is 79.0 Å². The van der Waals surface area contributed by atoms with Gasteiger partial charge in [0.15, 0.2) is 0 Å². The lowest BCUT2D eigenvalue weighted by molar-refractivity contribution is 0.312. The number of aromatic nitrogens is 3. The largest absolute Gasteiger partial charge is 0.284 e. The molecular formula is C21H24N4O2S. The van der Waals surface area contributed by atoms with Crippen molar-refractivity contribution in [3.63, 3.8) is 0 Å². The molecule has 3 aromatic rings. The zero-order valence-electron chi connectivity index (χ0n) is 15.9. The van der Waals surface area contributed by atoms with Crippen LogP contribution in [0.5, 0.6) is 0 Å². The highest BCUT2D eigenvalue weighted by Gasteiger charge is 2.32. The molecule has 3 heterocycles. The summed E-state index contributed by atoms with van der Waals surface area (Å²) in [5.41, 5.74) is 4.45. The van der Waals surface area contributed by atoms with Crippen LogP contribution in [-0.4, -0.2) is 41.0 Å². The van der Waals surface area contributed by atoms with Crippen molar-refractivity contribution in [3.05, 3.63) is 77.4 Å². The SMILES string of the molecule is Cc1cccc(Cc2cccc([C@H]3CCCN(S(=O)(=O)c4cn[nH]c4)C3)n2)c1. The van der Waals surface area contributed by atoms with E-state index >= 15 is 0 Å². The van der Waals surface area contributed by atoms with Gasteiger partial charge in [0.2, 0.25) is 10.0 Å². The van der Waals surface area contributed by atoms with Gasteiger partial charge in [0.1, 0.15) is 4.90 Å². The number of H-pyrrole nitrogens is 1. The van der Waals surface area contributed by atoms with Gasteiger partial charge >= 0.3 is 0 Å². The molecule has 28 heavy (non-hydrogen) atoms. The Morgan fingerprint density at radius 2 is 2.07 bits per heavy atom. The van der Waals surface area contributed by atoms with Gasteiger partial charge in [-0.25, -0.2) is 8.42 Å². The molecule has 4 rings (SSSR count). The Kier molecular flexibility index (Phi) is 5.28. The number of aromatic amines is 1. The van der Waals surface area contributed by atoms with Crippen molar-refractivity contribution >= 4 is 10.0 Å². The average molecular weight is 397 g/mol. The molecule has 1 aliphatic heterocycles. The highest BCUT2D eigenvalue weighted by atomic mass is 32.2. The predicted molar refractivity (Wildman–Crippen MR) is 108 cm³/mol. The van der Waals surface area contributed by atoms with Crippen LogP contribution in [0.2, 0.25) is 0 Å². The monoisotopic (exact) mass is 396 g/mol. The molecule has 0 aliphatic carbocycles. The zero-order valence-corrected chi connectivity index (χ0v) is 16.7. The third-order valence-electron chi connectivity index (χ3n) is 5.21. The molecule has 146 valence electrons. The molecule has 0 spiro atoms. The molecule has 1 saturated heterocycles. The zero-order chi connectivity index (χ0) is 19.6. The van der Waals surface area contributed by atoms with Crippen LogP contribution in [0.15, 0.2) is 59.8 Å². The fourth-order valence-corrected chi connectivity index (χ4v) is 5.22. The first-order valence-corrected chi connectivity index (χ1v) is 11.0. The normalized spacial score (nSPS) is 18.2. The predicted octanol–water partition coefficient (Wildman–Crippen LogP) is 3.27. The van der Waals surface area contributed by atoms with E-state index in [1.165, 1.54) is 23.5 Å². The molecule has 0 saturated carbocycles. The van der Waals surface area contributed by atoms with Gasteiger partial charge in [0, 0.05) is 43.0 Å². The van der Waals surface area contributed by atoms with Crippen molar-refractivity contribution in [2.75, 3.05) is 13.1 Å². The number of pyridine rings is 1. The number of benzene rings is 1. The highest BCUT2D eigenvalue weighted by Crippen LogP contribution is 2.29. The molecule has 1 atom stereocenters. The number of rotatable bonds is 5. The third-order valence-corrected chi connectivity index (χ3v) is 7.04. The molecule has 0 radical (unpaired) electrons. The van der Waals surface area contributed by atoms with Gasteiger partial charge in [-0.2, -0.15) is 9.40 Å². The Morgan fingerprint density at radius 3 is 2.86 bits per heavy atom. The maximum absolute atomic E-state index is 12.8. The molecular weight excluding hydrogens is 372 g/mol. The van der Waals surface area contributed by atoms with Crippen LogP contribution in [0.1, 0.15) is 41.3 Å². The van der Waals surface area contributed by atoms with Gasteiger partial charge < -0.3 is 0 Å². The van der Waals surface area contributed by atoms with Crippen molar-refractivity contribution in [1.82, 2.24) is 19.5 Å². The van der Waals surface area contributed by atoms with E-state index in [0.29, 0.717) is 13.1 Å². The Morgan fingerprint density at radius 1 is 1.21 bits per heavy atom. The molecule has 1 aromatic carbocycles. The molecule has 1 fully saturated rings. The summed E-state index contributed by atoms with van der Waals surface area (Å²) in [6, 6.07) is 14.5. The molecule has 2 aromatic heterocycles. The summed E-state index contributed by atoms with van der Waals surface area (Å²) >= 11 is 0. The second-order valence-electron chi connectivity index (χ2n) is 7.36. The summed E-state index contributed by atoms with van der Waals surface area (Å²) in [6.07, 6.45) is 5.34. The average Bonchev–Trinajstić information content (AvgIpc) is 3.24. The Hall–Kier alpha value is -2.51. The van der Waals surface area contributed by atoms with Crippen LogP contribution in [0, 0.1) is 6.92 Å². The summed E-state index contributed by atoms with van der Waals surface area (Å²) in [7, 11) is -3.51. The van der Waals surface area contributed by atoms with E-state index in [1.807, 2.05) is 18.2 Å². The first kappa shape index (κ1) is 18.8. The molecule has 1 aliphatic rings. The molecule has 6 nitrogen and oxygen atoms in total. The van der Waals surface area contributed by atoms with Crippen LogP contribution in [0.4, 0.5) is 0 Å². The molecule has 0 unspecified atom stereocenters. The van der Waals surface area contributed by atoms with Gasteiger partial charge in [-0.15, -0.1) is 0 Å². The molecule has 1 N–H and O–H groups in total. The molecule has 7 heteroatoms.